The summed E-state index contributed by atoms with van der Waals surface area (Å²) >= 11 is 0. The van der Waals surface area contributed by atoms with E-state index in [1.54, 1.807) is 19.1 Å². The molecule has 0 unspecified atom stereocenters. The summed E-state index contributed by atoms with van der Waals surface area (Å²) in [5.74, 6) is -1.59. The molecule has 0 spiro atoms. The second-order valence-corrected chi connectivity index (χ2v) is 3.50. The van der Waals surface area contributed by atoms with Crippen LogP contribution in [0, 0.1) is 0 Å². The van der Waals surface area contributed by atoms with Crippen LogP contribution in [0.2, 0.25) is 0 Å². The molecule has 2 rings (SSSR count). The number of nitrogens with one attached hydrogen (secondary N) is 1. The number of Topliss-reactive ketones (excluding diaryl/α,β-unsaturated/α-hetero) is 1. The summed E-state index contributed by atoms with van der Waals surface area (Å²) in [6.45, 7) is 2.38. The standard InChI is InChI=1S/C12H12N2O3/c1-2-17-12(16)11(15)10-9-6-4-3-5-8(9)7-13-14-10/h3-6,13H,2,7H2,1H3. The summed E-state index contributed by atoms with van der Waals surface area (Å²) in [7, 11) is 0. The molecule has 1 aliphatic heterocycles. The van der Waals surface area contributed by atoms with E-state index in [4.69, 9.17) is 0 Å². The van der Waals surface area contributed by atoms with Crippen molar-refractivity contribution in [3.05, 3.63) is 35.4 Å². The largest absolute Gasteiger partial charge is 0.460 e. The number of ketones is 1. The summed E-state index contributed by atoms with van der Waals surface area (Å²) < 4.78 is 4.67. The first kappa shape index (κ1) is 11.3. The Morgan fingerprint density at radius 3 is 2.94 bits per heavy atom. The van der Waals surface area contributed by atoms with E-state index in [9.17, 15) is 9.59 Å². The summed E-state index contributed by atoms with van der Waals surface area (Å²) in [6.07, 6.45) is 0. The van der Waals surface area contributed by atoms with Gasteiger partial charge in [0.05, 0.1) is 13.2 Å². The van der Waals surface area contributed by atoms with Gasteiger partial charge in [0.25, 0.3) is 5.78 Å². The molecule has 0 radical (unpaired) electrons. The van der Waals surface area contributed by atoms with Crippen LogP contribution in [-0.4, -0.2) is 24.1 Å². The lowest BCUT2D eigenvalue weighted by molar-refractivity contribution is -0.150. The fourth-order valence-electron chi connectivity index (χ4n) is 1.64. The van der Waals surface area contributed by atoms with Crippen molar-refractivity contribution in [2.45, 2.75) is 13.5 Å². The zero-order chi connectivity index (χ0) is 12.3. The molecule has 0 atom stereocenters. The summed E-state index contributed by atoms with van der Waals surface area (Å²) in [5.41, 5.74) is 4.47. The van der Waals surface area contributed by atoms with Crippen molar-refractivity contribution in [2.24, 2.45) is 5.10 Å². The van der Waals surface area contributed by atoms with Gasteiger partial charge in [0, 0.05) is 5.56 Å². The van der Waals surface area contributed by atoms with E-state index in [1.807, 2.05) is 12.1 Å². The Hall–Kier alpha value is -2.17. The highest BCUT2D eigenvalue weighted by Gasteiger charge is 2.27. The van der Waals surface area contributed by atoms with E-state index in [0.29, 0.717) is 12.1 Å². The van der Waals surface area contributed by atoms with Crippen LogP contribution in [0.5, 0.6) is 0 Å². The molecule has 5 nitrogen and oxygen atoms in total. The van der Waals surface area contributed by atoms with E-state index in [0.717, 1.165) is 5.56 Å². The molecule has 0 aromatic heterocycles. The molecule has 17 heavy (non-hydrogen) atoms. The number of carbonyl (C=O) groups is 2. The molecule has 88 valence electrons. The van der Waals surface area contributed by atoms with Gasteiger partial charge in [-0.15, -0.1) is 0 Å². The number of hydrogen-bond donors (Lipinski definition) is 1. The van der Waals surface area contributed by atoms with Gasteiger partial charge in [-0.2, -0.15) is 5.10 Å². The lowest BCUT2D eigenvalue weighted by Gasteiger charge is -2.15. The molecule has 0 aliphatic carbocycles. The van der Waals surface area contributed by atoms with Crippen molar-refractivity contribution >= 4 is 17.5 Å². The highest BCUT2D eigenvalue weighted by atomic mass is 16.5. The monoisotopic (exact) mass is 232 g/mol. The van der Waals surface area contributed by atoms with E-state index in [2.05, 4.69) is 15.3 Å². The summed E-state index contributed by atoms with van der Waals surface area (Å²) in [5, 5.41) is 3.89. The zero-order valence-electron chi connectivity index (χ0n) is 9.40. The van der Waals surface area contributed by atoms with Crippen LogP contribution in [0.1, 0.15) is 18.1 Å². The number of carbonyl (C=O) groups excluding carboxylic acids is 2. The topological polar surface area (TPSA) is 67.8 Å². The molecule has 0 fully saturated rings. The van der Waals surface area contributed by atoms with Crippen molar-refractivity contribution in [1.29, 1.82) is 0 Å². The number of hydrazone groups is 1. The maximum atomic E-state index is 11.8. The third-order valence-electron chi connectivity index (χ3n) is 2.41. The van der Waals surface area contributed by atoms with Gasteiger partial charge >= 0.3 is 5.97 Å². The zero-order valence-corrected chi connectivity index (χ0v) is 9.40. The van der Waals surface area contributed by atoms with E-state index in [-0.39, 0.29) is 12.3 Å². The van der Waals surface area contributed by atoms with Crippen molar-refractivity contribution in [1.82, 2.24) is 5.43 Å². The molecular weight excluding hydrogens is 220 g/mol. The molecule has 1 aromatic rings. The van der Waals surface area contributed by atoms with Crippen LogP contribution in [0.4, 0.5) is 0 Å². The van der Waals surface area contributed by atoms with Gasteiger partial charge in [-0.3, -0.25) is 4.79 Å². The van der Waals surface area contributed by atoms with Crippen molar-refractivity contribution in [3.63, 3.8) is 0 Å². The minimum atomic E-state index is -0.871. The minimum absolute atomic E-state index is 0.116. The average Bonchev–Trinajstić information content (AvgIpc) is 2.37. The fourth-order valence-corrected chi connectivity index (χ4v) is 1.64. The number of benzene rings is 1. The first-order valence-corrected chi connectivity index (χ1v) is 5.34. The van der Waals surface area contributed by atoms with Crippen molar-refractivity contribution in [3.8, 4) is 0 Å². The third kappa shape index (κ3) is 2.18. The Balaban J connectivity index is 2.31. The highest BCUT2D eigenvalue weighted by molar-refractivity contribution is 6.67. The van der Waals surface area contributed by atoms with Crippen LogP contribution in [0.15, 0.2) is 29.4 Å². The lowest BCUT2D eigenvalue weighted by atomic mass is 9.99. The van der Waals surface area contributed by atoms with Crippen molar-refractivity contribution < 1.29 is 14.3 Å². The Labute approximate surface area is 98.5 Å². The highest BCUT2D eigenvalue weighted by Crippen LogP contribution is 2.14. The van der Waals surface area contributed by atoms with E-state index in [1.165, 1.54) is 0 Å². The molecule has 0 saturated carbocycles. The molecule has 1 aromatic carbocycles. The van der Waals surface area contributed by atoms with E-state index < -0.39 is 11.8 Å². The predicted octanol–water partition coefficient (Wildman–Crippen LogP) is 0.626. The number of ether oxygens (including phenoxy) is 1. The second kappa shape index (κ2) is 4.78. The smallest absolute Gasteiger partial charge is 0.381 e. The van der Waals surface area contributed by atoms with Crippen LogP contribution >= 0.6 is 0 Å². The van der Waals surface area contributed by atoms with Crippen LogP contribution in [-0.2, 0) is 20.9 Å². The first-order chi connectivity index (χ1) is 8.24. The fraction of sp³-hybridized carbons (Fsp3) is 0.250. The Morgan fingerprint density at radius 2 is 2.18 bits per heavy atom. The third-order valence-corrected chi connectivity index (χ3v) is 2.41. The van der Waals surface area contributed by atoms with Gasteiger partial charge in [0.1, 0.15) is 5.71 Å². The van der Waals surface area contributed by atoms with Gasteiger partial charge in [-0.05, 0) is 12.5 Å². The molecule has 0 amide bonds. The number of esters is 1. The van der Waals surface area contributed by atoms with Gasteiger partial charge in [0.15, 0.2) is 0 Å². The summed E-state index contributed by atoms with van der Waals surface area (Å²) in [4.78, 5) is 23.2. The Morgan fingerprint density at radius 1 is 1.41 bits per heavy atom. The number of nitrogens with zero attached hydrogens (tertiary/aromatic N) is 1. The maximum absolute atomic E-state index is 11.8. The molecule has 1 heterocycles. The number of rotatable bonds is 3. The average molecular weight is 232 g/mol. The second-order valence-electron chi connectivity index (χ2n) is 3.50. The van der Waals surface area contributed by atoms with Gasteiger partial charge in [-0.25, -0.2) is 4.79 Å². The van der Waals surface area contributed by atoms with Crippen LogP contribution in [0.3, 0.4) is 0 Å². The molecule has 0 saturated heterocycles. The summed E-state index contributed by atoms with van der Waals surface area (Å²) in [6, 6.07) is 7.33. The first-order valence-electron chi connectivity index (χ1n) is 5.34. The molecule has 5 heteroatoms. The lowest BCUT2D eigenvalue weighted by Crippen LogP contribution is -2.32. The molecule has 1 N–H and O–H groups in total. The van der Waals surface area contributed by atoms with Crippen LogP contribution in [0.25, 0.3) is 0 Å². The normalized spacial score (nSPS) is 13.1. The maximum Gasteiger partial charge on any atom is 0.381 e. The van der Waals surface area contributed by atoms with Crippen molar-refractivity contribution in [2.75, 3.05) is 6.61 Å². The molecular formula is C12H12N2O3. The molecule has 0 bridgehead atoms. The SMILES string of the molecule is CCOC(=O)C(=O)C1=NNCc2ccccc21. The quantitative estimate of drug-likeness (QED) is 0.613. The Bertz CT molecular complexity index is 494. The number of hydrogen-bond acceptors (Lipinski definition) is 5. The van der Waals surface area contributed by atoms with Gasteiger partial charge in [0.2, 0.25) is 0 Å². The van der Waals surface area contributed by atoms with Gasteiger partial charge in [-0.1, -0.05) is 24.3 Å². The molecule has 1 aliphatic rings. The van der Waals surface area contributed by atoms with Crippen LogP contribution < -0.4 is 5.43 Å². The van der Waals surface area contributed by atoms with E-state index >= 15 is 0 Å². The minimum Gasteiger partial charge on any atom is -0.460 e. The number of fused-ring (bicyclic) bond motifs is 1. The van der Waals surface area contributed by atoms with Gasteiger partial charge < -0.3 is 10.2 Å². The predicted molar refractivity (Wildman–Crippen MR) is 61.5 cm³/mol. The Kier molecular flexibility index (Phi) is 3.18.